The molecule has 2 unspecified atom stereocenters. The molecule has 0 radical (unpaired) electrons. The first-order valence-corrected chi connectivity index (χ1v) is 5.59. The van der Waals surface area contributed by atoms with E-state index < -0.39 is 0 Å². The van der Waals surface area contributed by atoms with E-state index in [-0.39, 0.29) is 12.2 Å². The fourth-order valence-electron chi connectivity index (χ4n) is 2.08. The van der Waals surface area contributed by atoms with Crippen molar-refractivity contribution >= 4 is 0 Å². The van der Waals surface area contributed by atoms with Crippen LogP contribution in [0.15, 0.2) is 30.3 Å². The number of morpholine rings is 1. The Balaban J connectivity index is 1.97. The Bertz CT molecular complexity index is 371. The van der Waals surface area contributed by atoms with Gasteiger partial charge in [-0.1, -0.05) is 30.3 Å². The van der Waals surface area contributed by atoms with Gasteiger partial charge in [-0.15, -0.1) is 0 Å². The minimum Gasteiger partial charge on any atom is -0.358 e. The van der Waals surface area contributed by atoms with Gasteiger partial charge in [-0.3, -0.25) is 4.90 Å². The van der Waals surface area contributed by atoms with E-state index in [0.29, 0.717) is 6.54 Å². The molecule has 1 aromatic carbocycles. The summed E-state index contributed by atoms with van der Waals surface area (Å²) in [5.74, 6) is 0. The molecule has 1 fully saturated rings. The highest BCUT2D eigenvalue weighted by molar-refractivity contribution is 5.14. The van der Waals surface area contributed by atoms with Gasteiger partial charge in [-0.2, -0.15) is 5.26 Å². The Morgan fingerprint density at radius 3 is 2.81 bits per heavy atom. The van der Waals surface area contributed by atoms with Crippen molar-refractivity contribution in [1.82, 2.24) is 4.90 Å². The predicted molar refractivity (Wildman–Crippen MR) is 61.7 cm³/mol. The number of nitrogens with zero attached hydrogens (tertiary/aromatic N) is 2. The van der Waals surface area contributed by atoms with Crippen molar-refractivity contribution in [2.45, 2.75) is 25.7 Å². The molecule has 0 amide bonds. The lowest BCUT2D eigenvalue weighted by Gasteiger charge is -2.33. The topological polar surface area (TPSA) is 36.3 Å². The summed E-state index contributed by atoms with van der Waals surface area (Å²) in [4.78, 5) is 2.28. The monoisotopic (exact) mass is 216 g/mol. The van der Waals surface area contributed by atoms with Crippen LogP contribution in [-0.2, 0) is 11.3 Å². The average Bonchev–Trinajstić information content (AvgIpc) is 2.29. The first kappa shape index (κ1) is 11.1. The molecule has 0 bridgehead atoms. The smallest absolute Gasteiger partial charge is 0.156 e. The number of rotatable bonds is 2. The molecular formula is C13H16N2O. The van der Waals surface area contributed by atoms with Gasteiger partial charge in [0.15, 0.2) is 6.10 Å². The summed E-state index contributed by atoms with van der Waals surface area (Å²) in [7, 11) is 0. The maximum absolute atomic E-state index is 8.89. The standard InChI is InChI=1S/C13H16N2O/c1-11-8-15(10-13(7-14)16-11)9-12-5-3-2-4-6-12/h2-6,11,13H,8-10H2,1H3. The first-order chi connectivity index (χ1) is 7.78. The van der Waals surface area contributed by atoms with Crippen LogP contribution in [0, 0.1) is 11.3 Å². The molecule has 0 aromatic heterocycles. The molecule has 16 heavy (non-hydrogen) atoms. The number of ether oxygens (including phenoxy) is 1. The Labute approximate surface area is 96.2 Å². The highest BCUT2D eigenvalue weighted by atomic mass is 16.5. The summed E-state index contributed by atoms with van der Waals surface area (Å²) in [5.41, 5.74) is 1.29. The Kier molecular flexibility index (Phi) is 3.55. The summed E-state index contributed by atoms with van der Waals surface area (Å²) < 4.78 is 5.50. The SMILES string of the molecule is CC1CN(Cc2ccccc2)CC(C#N)O1. The number of benzene rings is 1. The maximum atomic E-state index is 8.89. The Morgan fingerprint density at radius 1 is 1.38 bits per heavy atom. The zero-order valence-electron chi connectivity index (χ0n) is 9.47. The summed E-state index contributed by atoms with van der Waals surface area (Å²) in [6.07, 6.45) is -0.144. The van der Waals surface area contributed by atoms with Gasteiger partial charge >= 0.3 is 0 Å². The second-order valence-electron chi connectivity index (χ2n) is 4.24. The van der Waals surface area contributed by atoms with Crippen molar-refractivity contribution in [1.29, 1.82) is 5.26 Å². The van der Waals surface area contributed by atoms with E-state index >= 15 is 0 Å². The molecule has 2 rings (SSSR count). The van der Waals surface area contributed by atoms with Gasteiger partial charge in [-0.05, 0) is 12.5 Å². The second kappa shape index (κ2) is 5.11. The molecule has 1 aromatic rings. The van der Waals surface area contributed by atoms with Crippen LogP contribution in [0.4, 0.5) is 0 Å². The van der Waals surface area contributed by atoms with Gasteiger partial charge in [-0.25, -0.2) is 0 Å². The quantitative estimate of drug-likeness (QED) is 0.756. The fraction of sp³-hybridized carbons (Fsp3) is 0.462. The molecule has 0 N–H and O–H groups in total. The molecular weight excluding hydrogens is 200 g/mol. The van der Waals surface area contributed by atoms with E-state index in [1.807, 2.05) is 25.1 Å². The molecule has 84 valence electrons. The third-order valence-corrected chi connectivity index (χ3v) is 2.73. The molecule has 1 heterocycles. The van der Waals surface area contributed by atoms with Gasteiger partial charge in [0.05, 0.1) is 12.2 Å². The molecule has 2 atom stereocenters. The van der Waals surface area contributed by atoms with Gasteiger partial charge in [0.25, 0.3) is 0 Å². The van der Waals surface area contributed by atoms with Crippen LogP contribution < -0.4 is 0 Å². The predicted octanol–water partition coefficient (Wildman–Crippen LogP) is 1.80. The van der Waals surface area contributed by atoms with E-state index in [1.165, 1.54) is 5.56 Å². The van der Waals surface area contributed by atoms with Crippen molar-refractivity contribution in [2.75, 3.05) is 13.1 Å². The van der Waals surface area contributed by atoms with E-state index in [9.17, 15) is 0 Å². The lowest BCUT2D eigenvalue weighted by Crippen LogP contribution is -2.45. The van der Waals surface area contributed by atoms with Crippen LogP contribution in [-0.4, -0.2) is 30.2 Å². The van der Waals surface area contributed by atoms with Gasteiger partial charge in [0.2, 0.25) is 0 Å². The van der Waals surface area contributed by atoms with Gasteiger partial charge in [0.1, 0.15) is 0 Å². The van der Waals surface area contributed by atoms with Crippen molar-refractivity contribution in [3.63, 3.8) is 0 Å². The van der Waals surface area contributed by atoms with Crippen molar-refractivity contribution in [2.24, 2.45) is 0 Å². The molecule has 3 nitrogen and oxygen atoms in total. The van der Waals surface area contributed by atoms with Crippen molar-refractivity contribution < 1.29 is 4.74 Å². The van der Waals surface area contributed by atoms with Crippen LogP contribution in [0.25, 0.3) is 0 Å². The van der Waals surface area contributed by atoms with E-state index in [2.05, 4.69) is 23.1 Å². The summed E-state index contributed by atoms with van der Waals surface area (Å²) in [6.45, 7) is 4.51. The molecule has 1 aliphatic rings. The highest BCUT2D eigenvalue weighted by Crippen LogP contribution is 2.13. The normalized spacial score (nSPS) is 26.2. The minimum atomic E-state index is -0.285. The molecule has 0 spiro atoms. The lowest BCUT2D eigenvalue weighted by atomic mass is 10.1. The fourth-order valence-corrected chi connectivity index (χ4v) is 2.08. The highest BCUT2D eigenvalue weighted by Gasteiger charge is 2.24. The van der Waals surface area contributed by atoms with Gasteiger partial charge in [0, 0.05) is 19.6 Å². The van der Waals surface area contributed by atoms with Crippen LogP contribution in [0.2, 0.25) is 0 Å². The van der Waals surface area contributed by atoms with Gasteiger partial charge < -0.3 is 4.74 Å². The van der Waals surface area contributed by atoms with Crippen molar-refractivity contribution in [3.8, 4) is 6.07 Å². The third kappa shape index (κ3) is 2.82. The maximum Gasteiger partial charge on any atom is 0.156 e. The molecule has 1 saturated heterocycles. The van der Waals surface area contributed by atoms with Crippen LogP contribution >= 0.6 is 0 Å². The average molecular weight is 216 g/mol. The zero-order valence-corrected chi connectivity index (χ0v) is 9.47. The number of hydrogen-bond acceptors (Lipinski definition) is 3. The first-order valence-electron chi connectivity index (χ1n) is 5.59. The summed E-state index contributed by atoms with van der Waals surface area (Å²) >= 11 is 0. The molecule has 0 saturated carbocycles. The largest absolute Gasteiger partial charge is 0.358 e. The summed E-state index contributed by atoms with van der Waals surface area (Å²) in [6, 6.07) is 12.5. The van der Waals surface area contributed by atoms with Crippen molar-refractivity contribution in [3.05, 3.63) is 35.9 Å². The minimum absolute atomic E-state index is 0.141. The third-order valence-electron chi connectivity index (χ3n) is 2.73. The molecule has 1 aliphatic heterocycles. The Morgan fingerprint density at radius 2 is 2.12 bits per heavy atom. The summed E-state index contributed by atoms with van der Waals surface area (Å²) in [5, 5.41) is 8.89. The van der Waals surface area contributed by atoms with Crippen LogP contribution in [0.3, 0.4) is 0 Å². The van der Waals surface area contributed by atoms with Crippen LogP contribution in [0.1, 0.15) is 12.5 Å². The lowest BCUT2D eigenvalue weighted by molar-refractivity contribution is -0.0542. The van der Waals surface area contributed by atoms with Crippen LogP contribution in [0.5, 0.6) is 0 Å². The molecule has 0 aliphatic carbocycles. The van der Waals surface area contributed by atoms with E-state index in [4.69, 9.17) is 10.00 Å². The number of hydrogen-bond donors (Lipinski definition) is 0. The second-order valence-corrected chi connectivity index (χ2v) is 4.24. The molecule has 3 heteroatoms. The zero-order chi connectivity index (χ0) is 11.4. The number of nitriles is 1. The van der Waals surface area contributed by atoms with E-state index in [1.54, 1.807) is 0 Å². The van der Waals surface area contributed by atoms with E-state index in [0.717, 1.165) is 13.1 Å². The Hall–Kier alpha value is -1.37.